The first kappa shape index (κ1) is 19.6. The van der Waals surface area contributed by atoms with Crippen molar-refractivity contribution in [3.8, 4) is 11.5 Å². The first-order chi connectivity index (χ1) is 12.1. The van der Waals surface area contributed by atoms with Gasteiger partial charge in [-0.1, -0.05) is 23.7 Å². The maximum atomic E-state index is 11.4. The average Bonchev–Trinajstić information content (AvgIpc) is 2.58. The SMILES string of the molecule is CCOC(=O)Cc1ccc(OCCCOc2ccc(Cl)cc2Br)cc1. The van der Waals surface area contributed by atoms with Crippen LogP contribution in [0.3, 0.4) is 0 Å². The van der Waals surface area contributed by atoms with Gasteiger partial charge in [0.25, 0.3) is 0 Å². The number of carbonyl (C=O) groups excluding carboxylic acids is 1. The van der Waals surface area contributed by atoms with Crippen LogP contribution in [0.5, 0.6) is 11.5 Å². The fourth-order valence-corrected chi connectivity index (χ4v) is 2.90. The Morgan fingerprint density at radius 3 is 2.48 bits per heavy atom. The summed E-state index contributed by atoms with van der Waals surface area (Å²) in [6.45, 7) is 3.28. The van der Waals surface area contributed by atoms with Crippen LogP contribution < -0.4 is 9.47 Å². The number of rotatable bonds is 9. The van der Waals surface area contributed by atoms with E-state index in [4.69, 9.17) is 25.8 Å². The molecule has 0 aliphatic heterocycles. The van der Waals surface area contributed by atoms with Crippen molar-refractivity contribution in [2.45, 2.75) is 19.8 Å². The van der Waals surface area contributed by atoms with Crippen LogP contribution in [0.2, 0.25) is 5.02 Å². The molecule has 4 nitrogen and oxygen atoms in total. The summed E-state index contributed by atoms with van der Waals surface area (Å²) in [4.78, 5) is 11.4. The average molecular weight is 428 g/mol. The van der Waals surface area contributed by atoms with Gasteiger partial charge in [0.2, 0.25) is 0 Å². The topological polar surface area (TPSA) is 44.8 Å². The highest BCUT2D eigenvalue weighted by Gasteiger charge is 2.04. The van der Waals surface area contributed by atoms with Gasteiger partial charge in [0.1, 0.15) is 11.5 Å². The molecule has 0 bridgehead atoms. The predicted octanol–water partition coefficient (Wildman–Crippen LogP) is 5.06. The molecule has 0 heterocycles. The van der Waals surface area contributed by atoms with Gasteiger partial charge in [0.05, 0.1) is 30.7 Å². The molecule has 0 atom stereocenters. The Morgan fingerprint density at radius 2 is 1.80 bits per heavy atom. The third kappa shape index (κ3) is 6.96. The lowest BCUT2D eigenvalue weighted by atomic mass is 10.1. The van der Waals surface area contributed by atoms with Gasteiger partial charge >= 0.3 is 5.97 Å². The maximum absolute atomic E-state index is 11.4. The number of halogens is 2. The van der Waals surface area contributed by atoms with Crippen molar-refractivity contribution in [1.82, 2.24) is 0 Å². The Bertz CT molecular complexity index is 688. The van der Waals surface area contributed by atoms with Crippen LogP contribution in [-0.4, -0.2) is 25.8 Å². The number of benzene rings is 2. The lowest BCUT2D eigenvalue weighted by molar-refractivity contribution is -0.142. The molecule has 0 N–H and O–H groups in total. The minimum Gasteiger partial charge on any atom is -0.493 e. The fourth-order valence-electron chi connectivity index (χ4n) is 2.11. The Kier molecular flexibility index (Phi) is 8.09. The molecule has 0 saturated heterocycles. The molecule has 2 aromatic carbocycles. The molecule has 0 saturated carbocycles. The molecule has 2 rings (SSSR count). The minimum atomic E-state index is -0.221. The highest BCUT2D eigenvalue weighted by Crippen LogP contribution is 2.28. The molecule has 0 amide bonds. The molecule has 25 heavy (non-hydrogen) atoms. The van der Waals surface area contributed by atoms with Crippen LogP contribution in [0.1, 0.15) is 18.9 Å². The zero-order chi connectivity index (χ0) is 18.1. The first-order valence-corrected chi connectivity index (χ1v) is 9.21. The molecular formula is C19H20BrClO4. The van der Waals surface area contributed by atoms with Crippen LogP contribution in [0, 0.1) is 0 Å². The molecule has 0 aliphatic rings. The van der Waals surface area contributed by atoms with Crippen LogP contribution in [-0.2, 0) is 16.0 Å². The van der Waals surface area contributed by atoms with E-state index in [1.54, 1.807) is 19.1 Å². The van der Waals surface area contributed by atoms with Gasteiger partial charge in [-0.3, -0.25) is 4.79 Å². The zero-order valence-electron chi connectivity index (χ0n) is 14.0. The van der Waals surface area contributed by atoms with E-state index in [0.29, 0.717) is 24.8 Å². The predicted molar refractivity (Wildman–Crippen MR) is 102 cm³/mol. The quantitative estimate of drug-likeness (QED) is 0.415. The summed E-state index contributed by atoms with van der Waals surface area (Å²) in [5, 5.41) is 0.661. The minimum absolute atomic E-state index is 0.221. The van der Waals surface area contributed by atoms with E-state index in [1.165, 1.54) is 0 Å². The smallest absolute Gasteiger partial charge is 0.310 e. The van der Waals surface area contributed by atoms with Gasteiger partial charge in [-0.2, -0.15) is 0 Å². The van der Waals surface area contributed by atoms with Crippen molar-refractivity contribution in [2.24, 2.45) is 0 Å². The van der Waals surface area contributed by atoms with Crippen LogP contribution in [0.4, 0.5) is 0 Å². The standard InChI is InChI=1S/C19H20BrClO4/c1-2-23-19(22)12-14-4-7-16(8-5-14)24-10-3-11-25-18-9-6-15(21)13-17(18)20/h4-9,13H,2-3,10-12H2,1H3. The number of carbonyl (C=O) groups is 1. The van der Waals surface area contributed by atoms with Crippen LogP contribution in [0.15, 0.2) is 46.9 Å². The lowest BCUT2D eigenvalue weighted by Crippen LogP contribution is -2.07. The van der Waals surface area contributed by atoms with Gasteiger partial charge in [0.15, 0.2) is 0 Å². The van der Waals surface area contributed by atoms with E-state index in [0.717, 1.165) is 28.0 Å². The first-order valence-electron chi connectivity index (χ1n) is 8.03. The third-order valence-corrected chi connectivity index (χ3v) is 4.14. The Morgan fingerprint density at radius 1 is 1.08 bits per heavy atom. The highest BCUT2D eigenvalue weighted by atomic mass is 79.9. The van der Waals surface area contributed by atoms with E-state index < -0.39 is 0 Å². The van der Waals surface area contributed by atoms with Crippen molar-refractivity contribution >= 4 is 33.5 Å². The molecule has 0 aromatic heterocycles. The summed E-state index contributed by atoms with van der Waals surface area (Å²) < 4.78 is 17.1. The molecule has 134 valence electrons. The van der Waals surface area contributed by atoms with Crippen molar-refractivity contribution in [3.63, 3.8) is 0 Å². The van der Waals surface area contributed by atoms with Gasteiger partial charge in [-0.15, -0.1) is 0 Å². The second-order valence-corrected chi connectivity index (χ2v) is 6.54. The summed E-state index contributed by atoms with van der Waals surface area (Å²) in [5.74, 6) is 1.30. The van der Waals surface area contributed by atoms with E-state index in [9.17, 15) is 4.79 Å². The lowest BCUT2D eigenvalue weighted by Gasteiger charge is -2.10. The van der Waals surface area contributed by atoms with Crippen molar-refractivity contribution < 1.29 is 19.0 Å². The normalized spacial score (nSPS) is 10.4. The zero-order valence-corrected chi connectivity index (χ0v) is 16.3. The largest absolute Gasteiger partial charge is 0.493 e. The van der Waals surface area contributed by atoms with Crippen molar-refractivity contribution in [2.75, 3.05) is 19.8 Å². The Hall–Kier alpha value is -1.72. The Labute approximate surface area is 161 Å². The summed E-state index contributed by atoms with van der Waals surface area (Å²) in [7, 11) is 0. The highest BCUT2D eigenvalue weighted by molar-refractivity contribution is 9.10. The molecule has 0 fully saturated rings. The van der Waals surface area contributed by atoms with Gasteiger partial charge < -0.3 is 14.2 Å². The number of esters is 1. The molecule has 6 heteroatoms. The van der Waals surface area contributed by atoms with Crippen molar-refractivity contribution in [1.29, 1.82) is 0 Å². The van der Waals surface area contributed by atoms with Gasteiger partial charge in [0, 0.05) is 11.4 Å². The van der Waals surface area contributed by atoms with E-state index in [-0.39, 0.29) is 12.4 Å². The summed E-state index contributed by atoms with van der Waals surface area (Å²) in [6.07, 6.45) is 1.03. The van der Waals surface area contributed by atoms with E-state index in [2.05, 4.69) is 15.9 Å². The number of hydrogen-bond donors (Lipinski definition) is 0. The van der Waals surface area contributed by atoms with Crippen LogP contribution >= 0.6 is 27.5 Å². The van der Waals surface area contributed by atoms with E-state index >= 15 is 0 Å². The summed E-state index contributed by atoms with van der Waals surface area (Å²) in [5.41, 5.74) is 0.904. The van der Waals surface area contributed by atoms with Crippen molar-refractivity contribution in [3.05, 3.63) is 57.5 Å². The monoisotopic (exact) mass is 426 g/mol. The second-order valence-electron chi connectivity index (χ2n) is 5.25. The Balaban J connectivity index is 1.68. The third-order valence-electron chi connectivity index (χ3n) is 3.29. The molecule has 2 aromatic rings. The molecule has 0 aliphatic carbocycles. The number of ether oxygens (including phenoxy) is 3. The van der Waals surface area contributed by atoms with Crippen LogP contribution in [0.25, 0.3) is 0 Å². The summed E-state index contributed by atoms with van der Waals surface area (Å²) >= 11 is 9.30. The van der Waals surface area contributed by atoms with Gasteiger partial charge in [-0.25, -0.2) is 0 Å². The molecule has 0 unspecified atom stereocenters. The summed E-state index contributed by atoms with van der Waals surface area (Å²) in [6, 6.07) is 12.9. The molecule has 0 spiro atoms. The molecular weight excluding hydrogens is 408 g/mol. The van der Waals surface area contributed by atoms with E-state index in [1.807, 2.05) is 30.3 Å². The second kappa shape index (κ2) is 10.3. The fraction of sp³-hybridized carbons (Fsp3) is 0.316. The number of hydrogen-bond acceptors (Lipinski definition) is 4. The molecule has 0 radical (unpaired) electrons. The van der Waals surface area contributed by atoms with Gasteiger partial charge in [-0.05, 0) is 58.7 Å². The maximum Gasteiger partial charge on any atom is 0.310 e.